The topological polar surface area (TPSA) is 32.3 Å². The van der Waals surface area contributed by atoms with Crippen molar-refractivity contribution in [1.29, 1.82) is 0 Å². The first-order chi connectivity index (χ1) is 8.68. The van der Waals surface area contributed by atoms with Gasteiger partial charge in [0.25, 0.3) is 0 Å². The quantitative estimate of drug-likeness (QED) is 0.837. The number of nitrogens with one attached hydrogen (secondary N) is 1. The van der Waals surface area contributed by atoms with Crippen molar-refractivity contribution in [2.45, 2.75) is 70.9 Å². The minimum Gasteiger partial charge on any atom is -0.337 e. The fourth-order valence-electron chi connectivity index (χ4n) is 3.36. The summed E-state index contributed by atoms with van der Waals surface area (Å²) in [6.45, 7) is 6.16. The van der Waals surface area contributed by atoms with Gasteiger partial charge in [0, 0.05) is 31.6 Å². The van der Waals surface area contributed by atoms with Crippen LogP contribution in [0.25, 0.3) is 0 Å². The lowest BCUT2D eigenvalue weighted by molar-refractivity contribution is -0.135. The van der Waals surface area contributed by atoms with Crippen molar-refractivity contribution in [3.8, 4) is 0 Å². The molecule has 104 valence electrons. The Bertz CT molecular complexity index is 274. The van der Waals surface area contributed by atoms with Gasteiger partial charge in [-0.1, -0.05) is 32.1 Å². The lowest BCUT2D eigenvalue weighted by Gasteiger charge is -2.39. The van der Waals surface area contributed by atoms with Crippen LogP contribution < -0.4 is 5.32 Å². The van der Waals surface area contributed by atoms with Crippen molar-refractivity contribution in [2.75, 3.05) is 13.1 Å². The van der Waals surface area contributed by atoms with Gasteiger partial charge in [-0.05, 0) is 26.2 Å². The lowest BCUT2D eigenvalue weighted by atomic mass is 9.86. The molecule has 1 saturated heterocycles. The standard InChI is InChI=1S/C15H28N2O/c1-12-13(2)17(11-10-16-12)15(18)9-8-14-6-4-3-5-7-14/h12-14,16H,3-11H2,1-2H3. The Morgan fingerprint density at radius 1 is 1.22 bits per heavy atom. The normalized spacial score (nSPS) is 30.4. The molecule has 1 amide bonds. The second-order valence-corrected chi connectivity index (χ2v) is 6.11. The molecule has 1 aliphatic heterocycles. The van der Waals surface area contributed by atoms with Crippen LogP contribution in [0.15, 0.2) is 0 Å². The Morgan fingerprint density at radius 3 is 2.67 bits per heavy atom. The third kappa shape index (κ3) is 3.47. The molecule has 1 aliphatic carbocycles. The third-order valence-electron chi connectivity index (χ3n) is 4.85. The number of hydrogen-bond donors (Lipinski definition) is 1. The first-order valence-electron chi connectivity index (χ1n) is 7.71. The molecule has 0 bridgehead atoms. The highest BCUT2D eigenvalue weighted by Gasteiger charge is 2.28. The molecule has 1 saturated carbocycles. The van der Waals surface area contributed by atoms with Gasteiger partial charge in [-0.2, -0.15) is 0 Å². The summed E-state index contributed by atoms with van der Waals surface area (Å²) in [5.74, 6) is 1.19. The fourth-order valence-corrected chi connectivity index (χ4v) is 3.36. The van der Waals surface area contributed by atoms with E-state index in [4.69, 9.17) is 0 Å². The van der Waals surface area contributed by atoms with Gasteiger partial charge in [-0.3, -0.25) is 4.79 Å². The number of piperazine rings is 1. The molecule has 0 aromatic heterocycles. The van der Waals surface area contributed by atoms with E-state index in [1.54, 1.807) is 0 Å². The van der Waals surface area contributed by atoms with Gasteiger partial charge in [-0.15, -0.1) is 0 Å². The molecule has 0 aromatic carbocycles. The van der Waals surface area contributed by atoms with Gasteiger partial charge >= 0.3 is 0 Å². The molecule has 3 nitrogen and oxygen atoms in total. The van der Waals surface area contributed by atoms with E-state index in [-0.39, 0.29) is 0 Å². The number of carbonyl (C=O) groups is 1. The predicted octanol–water partition coefficient (Wildman–Crippen LogP) is 2.56. The molecular weight excluding hydrogens is 224 g/mol. The largest absolute Gasteiger partial charge is 0.337 e. The summed E-state index contributed by atoms with van der Waals surface area (Å²) < 4.78 is 0. The second-order valence-electron chi connectivity index (χ2n) is 6.11. The number of nitrogens with zero attached hydrogens (tertiary/aromatic N) is 1. The maximum absolute atomic E-state index is 12.3. The van der Waals surface area contributed by atoms with Crippen molar-refractivity contribution in [1.82, 2.24) is 10.2 Å². The minimum absolute atomic E-state index is 0.345. The van der Waals surface area contributed by atoms with Crippen LogP contribution >= 0.6 is 0 Å². The smallest absolute Gasteiger partial charge is 0.222 e. The van der Waals surface area contributed by atoms with Gasteiger partial charge in [0.05, 0.1) is 0 Å². The highest BCUT2D eigenvalue weighted by atomic mass is 16.2. The van der Waals surface area contributed by atoms with Gasteiger partial charge in [-0.25, -0.2) is 0 Å². The summed E-state index contributed by atoms with van der Waals surface area (Å²) in [4.78, 5) is 14.4. The van der Waals surface area contributed by atoms with E-state index in [9.17, 15) is 4.79 Å². The van der Waals surface area contributed by atoms with Crippen LogP contribution in [0.3, 0.4) is 0 Å². The molecule has 0 aromatic rings. The molecule has 2 aliphatic rings. The molecule has 2 unspecified atom stereocenters. The highest BCUT2D eigenvalue weighted by Crippen LogP contribution is 2.27. The Kier molecular flexibility index (Phi) is 5.04. The molecule has 1 heterocycles. The Balaban J connectivity index is 1.76. The Hall–Kier alpha value is -0.570. The summed E-state index contributed by atoms with van der Waals surface area (Å²) in [7, 11) is 0. The maximum atomic E-state index is 12.3. The molecule has 18 heavy (non-hydrogen) atoms. The third-order valence-corrected chi connectivity index (χ3v) is 4.85. The average molecular weight is 252 g/mol. The minimum atomic E-state index is 0.345. The summed E-state index contributed by atoms with van der Waals surface area (Å²) in [6, 6.07) is 0.773. The molecule has 1 N–H and O–H groups in total. The van der Waals surface area contributed by atoms with Gasteiger partial charge in [0.1, 0.15) is 0 Å². The Labute approximate surface area is 111 Å². The van der Waals surface area contributed by atoms with Gasteiger partial charge in [0.2, 0.25) is 5.91 Å². The van der Waals surface area contributed by atoms with E-state index in [1.165, 1.54) is 32.1 Å². The first-order valence-corrected chi connectivity index (χ1v) is 7.71. The fraction of sp³-hybridized carbons (Fsp3) is 0.933. The average Bonchev–Trinajstić information content (AvgIpc) is 2.40. The zero-order valence-corrected chi connectivity index (χ0v) is 12.0. The monoisotopic (exact) mass is 252 g/mol. The van der Waals surface area contributed by atoms with E-state index in [0.717, 1.165) is 31.8 Å². The van der Waals surface area contributed by atoms with E-state index in [1.807, 2.05) is 0 Å². The van der Waals surface area contributed by atoms with Gasteiger partial charge < -0.3 is 10.2 Å². The summed E-state index contributed by atoms with van der Waals surface area (Å²) in [5.41, 5.74) is 0. The van der Waals surface area contributed by atoms with Crippen molar-refractivity contribution in [3.63, 3.8) is 0 Å². The van der Waals surface area contributed by atoms with Crippen LogP contribution in [0.1, 0.15) is 58.8 Å². The molecule has 2 atom stereocenters. The van der Waals surface area contributed by atoms with Crippen LogP contribution in [-0.4, -0.2) is 36.0 Å². The highest BCUT2D eigenvalue weighted by molar-refractivity contribution is 5.76. The SMILES string of the molecule is CC1NCCN(C(=O)CCC2CCCCC2)C1C. The predicted molar refractivity (Wildman–Crippen MR) is 74.4 cm³/mol. The van der Waals surface area contributed by atoms with E-state index >= 15 is 0 Å². The van der Waals surface area contributed by atoms with Crippen LogP contribution in [0.5, 0.6) is 0 Å². The van der Waals surface area contributed by atoms with Crippen LogP contribution in [0, 0.1) is 5.92 Å². The van der Waals surface area contributed by atoms with Crippen LogP contribution in [0.4, 0.5) is 0 Å². The molecule has 2 rings (SSSR count). The van der Waals surface area contributed by atoms with Crippen molar-refractivity contribution in [2.24, 2.45) is 5.92 Å². The van der Waals surface area contributed by atoms with Crippen molar-refractivity contribution in [3.05, 3.63) is 0 Å². The van der Waals surface area contributed by atoms with E-state index in [2.05, 4.69) is 24.1 Å². The summed E-state index contributed by atoms with van der Waals surface area (Å²) in [6.07, 6.45) is 8.73. The lowest BCUT2D eigenvalue weighted by Crippen LogP contribution is -2.57. The molecule has 0 spiro atoms. The molecular formula is C15H28N2O. The second kappa shape index (κ2) is 6.55. The molecule has 0 radical (unpaired) electrons. The van der Waals surface area contributed by atoms with Crippen molar-refractivity contribution < 1.29 is 4.79 Å². The zero-order valence-electron chi connectivity index (χ0n) is 12.0. The zero-order chi connectivity index (χ0) is 13.0. The number of amides is 1. The first kappa shape index (κ1) is 13.9. The number of hydrogen-bond acceptors (Lipinski definition) is 2. The maximum Gasteiger partial charge on any atom is 0.222 e. The van der Waals surface area contributed by atoms with Crippen LogP contribution in [0.2, 0.25) is 0 Å². The van der Waals surface area contributed by atoms with E-state index < -0.39 is 0 Å². The molecule has 2 fully saturated rings. The number of rotatable bonds is 3. The van der Waals surface area contributed by atoms with E-state index in [0.29, 0.717) is 18.0 Å². The summed E-state index contributed by atoms with van der Waals surface area (Å²) >= 11 is 0. The summed E-state index contributed by atoms with van der Waals surface area (Å²) in [5, 5.41) is 3.43. The van der Waals surface area contributed by atoms with Gasteiger partial charge in [0.15, 0.2) is 0 Å². The van der Waals surface area contributed by atoms with Crippen LogP contribution in [-0.2, 0) is 4.79 Å². The molecule has 3 heteroatoms. The Morgan fingerprint density at radius 2 is 1.94 bits per heavy atom. The van der Waals surface area contributed by atoms with Crippen molar-refractivity contribution >= 4 is 5.91 Å². The number of carbonyl (C=O) groups excluding carboxylic acids is 1.